The molecule has 9 heteroatoms. The van der Waals surface area contributed by atoms with E-state index in [1.807, 2.05) is 53.9 Å². The van der Waals surface area contributed by atoms with E-state index in [0.717, 1.165) is 28.0 Å². The molecule has 1 saturated carbocycles. The third kappa shape index (κ3) is 3.41. The molecule has 1 aliphatic carbocycles. The molecule has 0 aromatic carbocycles. The normalized spacial score (nSPS) is 24.8. The summed E-state index contributed by atoms with van der Waals surface area (Å²) in [5, 5.41) is 13.6. The number of fused-ring (bicyclic) bond motifs is 1. The fraction of sp³-hybridized carbons (Fsp3) is 0.478. The fourth-order valence-corrected chi connectivity index (χ4v) is 4.62. The van der Waals surface area contributed by atoms with Gasteiger partial charge in [-0.1, -0.05) is 6.92 Å². The van der Waals surface area contributed by atoms with Crippen LogP contribution in [0.4, 0.5) is 0 Å². The highest BCUT2D eigenvalue weighted by molar-refractivity contribution is 5.78. The maximum absolute atomic E-state index is 5.91. The number of ether oxygens (including phenoxy) is 2. The van der Waals surface area contributed by atoms with Gasteiger partial charge in [-0.05, 0) is 38.7 Å². The van der Waals surface area contributed by atoms with E-state index in [9.17, 15) is 0 Å². The summed E-state index contributed by atoms with van der Waals surface area (Å²) in [6.45, 7) is 7.34. The summed E-state index contributed by atoms with van der Waals surface area (Å²) in [6, 6.07) is 2.47. The molecule has 0 amide bonds. The molecular formula is C23H27N7O2. The Hall–Kier alpha value is -3.04. The van der Waals surface area contributed by atoms with Crippen molar-refractivity contribution in [1.82, 2.24) is 34.2 Å². The minimum absolute atomic E-state index is 0.0189. The molecule has 5 heterocycles. The van der Waals surface area contributed by atoms with Gasteiger partial charge >= 0.3 is 0 Å². The van der Waals surface area contributed by atoms with Crippen LogP contribution in [-0.4, -0.2) is 52.7 Å². The molecule has 0 bridgehead atoms. The van der Waals surface area contributed by atoms with E-state index in [1.165, 1.54) is 12.8 Å². The van der Waals surface area contributed by atoms with Gasteiger partial charge in [-0.2, -0.15) is 15.3 Å². The van der Waals surface area contributed by atoms with Gasteiger partial charge in [0.1, 0.15) is 6.10 Å². The quantitative estimate of drug-likeness (QED) is 0.478. The lowest BCUT2D eigenvalue weighted by Gasteiger charge is -2.33. The molecule has 1 aliphatic heterocycles. The van der Waals surface area contributed by atoms with Gasteiger partial charge in [0, 0.05) is 23.5 Å². The molecule has 0 spiro atoms. The van der Waals surface area contributed by atoms with Crippen molar-refractivity contribution in [2.75, 3.05) is 6.61 Å². The maximum atomic E-state index is 5.91. The predicted molar refractivity (Wildman–Crippen MR) is 118 cm³/mol. The number of hydrogen-bond donors (Lipinski definition) is 0. The Balaban J connectivity index is 1.31. The lowest BCUT2D eigenvalue weighted by Crippen LogP contribution is -2.26. The zero-order valence-electron chi connectivity index (χ0n) is 18.5. The first-order valence-corrected chi connectivity index (χ1v) is 11.2. The summed E-state index contributed by atoms with van der Waals surface area (Å²) in [4.78, 5) is 4.99. The van der Waals surface area contributed by atoms with E-state index in [2.05, 4.69) is 33.1 Å². The molecule has 9 nitrogen and oxygen atoms in total. The first kappa shape index (κ1) is 19.6. The number of aromatic nitrogens is 7. The first-order valence-electron chi connectivity index (χ1n) is 11.2. The first-order chi connectivity index (χ1) is 15.4. The molecule has 3 atom stereocenters. The lowest BCUT2D eigenvalue weighted by atomic mass is 9.81. The van der Waals surface area contributed by atoms with Crippen molar-refractivity contribution in [3.05, 3.63) is 43.2 Å². The highest BCUT2D eigenvalue weighted by atomic mass is 16.7. The highest BCUT2D eigenvalue weighted by Crippen LogP contribution is 2.38. The van der Waals surface area contributed by atoms with Crippen LogP contribution in [-0.2, 0) is 16.0 Å². The third-order valence-electron chi connectivity index (χ3n) is 6.57. The average Bonchev–Trinajstić information content (AvgIpc) is 3.53. The van der Waals surface area contributed by atoms with Crippen LogP contribution >= 0.6 is 0 Å². The standard InChI is InChI=1S/C23H27N7O2/c1-15-4-5-20(15)29-11-17(9-26-29)22-21-6-7-24-30(21)13-19(27-22)16-8-25-28(10-16)12-18-14-31-23(2,3)32-18/h6-11,13,15,18,20H,4-5,12,14H2,1-3H3/t15?,18-,20?/m1/s1. The molecular weight excluding hydrogens is 406 g/mol. The molecule has 6 rings (SSSR count). The summed E-state index contributed by atoms with van der Waals surface area (Å²) < 4.78 is 17.4. The average molecular weight is 434 g/mol. The van der Waals surface area contributed by atoms with Gasteiger partial charge in [-0.25, -0.2) is 9.50 Å². The van der Waals surface area contributed by atoms with Crippen molar-refractivity contribution in [3.8, 4) is 22.5 Å². The molecule has 32 heavy (non-hydrogen) atoms. The van der Waals surface area contributed by atoms with Crippen LogP contribution in [0.15, 0.2) is 43.2 Å². The Morgan fingerprint density at radius 3 is 2.69 bits per heavy atom. The zero-order chi connectivity index (χ0) is 21.9. The fourth-order valence-electron chi connectivity index (χ4n) is 4.62. The van der Waals surface area contributed by atoms with E-state index in [4.69, 9.17) is 14.5 Å². The summed E-state index contributed by atoms with van der Waals surface area (Å²) in [7, 11) is 0. The maximum Gasteiger partial charge on any atom is 0.163 e. The van der Waals surface area contributed by atoms with Crippen LogP contribution in [0, 0.1) is 5.92 Å². The Morgan fingerprint density at radius 2 is 1.94 bits per heavy atom. The van der Waals surface area contributed by atoms with Crippen molar-refractivity contribution in [1.29, 1.82) is 0 Å². The molecule has 2 aliphatic rings. The molecule has 1 saturated heterocycles. The Morgan fingerprint density at radius 1 is 1.06 bits per heavy atom. The minimum Gasteiger partial charge on any atom is -0.348 e. The Labute approximate surface area is 186 Å². The van der Waals surface area contributed by atoms with Crippen LogP contribution in [0.3, 0.4) is 0 Å². The molecule has 2 unspecified atom stereocenters. The van der Waals surface area contributed by atoms with Gasteiger partial charge in [-0.15, -0.1) is 0 Å². The predicted octanol–water partition coefficient (Wildman–Crippen LogP) is 3.58. The topological polar surface area (TPSA) is 84.3 Å². The number of rotatable bonds is 5. The van der Waals surface area contributed by atoms with Crippen LogP contribution < -0.4 is 0 Å². The molecule has 0 N–H and O–H groups in total. The summed E-state index contributed by atoms with van der Waals surface area (Å²) in [5.41, 5.74) is 4.59. The van der Waals surface area contributed by atoms with Crippen molar-refractivity contribution in [2.24, 2.45) is 5.92 Å². The second-order valence-electron chi connectivity index (χ2n) is 9.37. The van der Waals surface area contributed by atoms with Gasteiger partial charge < -0.3 is 9.47 Å². The van der Waals surface area contributed by atoms with Crippen LogP contribution in [0.25, 0.3) is 28.0 Å². The van der Waals surface area contributed by atoms with Gasteiger partial charge in [0.25, 0.3) is 0 Å². The number of hydrogen-bond acceptors (Lipinski definition) is 6. The van der Waals surface area contributed by atoms with Crippen molar-refractivity contribution < 1.29 is 9.47 Å². The Bertz CT molecular complexity index is 1270. The van der Waals surface area contributed by atoms with Crippen molar-refractivity contribution >= 4 is 5.52 Å². The van der Waals surface area contributed by atoms with Crippen molar-refractivity contribution in [3.63, 3.8) is 0 Å². The van der Waals surface area contributed by atoms with E-state index >= 15 is 0 Å². The largest absolute Gasteiger partial charge is 0.348 e. The Kier molecular flexibility index (Phi) is 4.44. The van der Waals surface area contributed by atoms with Gasteiger partial charge in [0.2, 0.25) is 0 Å². The van der Waals surface area contributed by atoms with E-state index in [0.29, 0.717) is 25.1 Å². The molecule has 4 aromatic heterocycles. The highest BCUT2D eigenvalue weighted by Gasteiger charge is 2.33. The molecule has 0 radical (unpaired) electrons. The molecule has 166 valence electrons. The minimum atomic E-state index is -0.538. The van der Waals surface area contributed by atoms with E-state index < -0.39 is 5.79 Å². The van der Waals surface area contributed by atoms with Crippen LogP contribution in [0.5, 0.6) is 0 Å². The van der Waals surface area contributed by atoms with Crippen LogP contribution in [0.2, 0.25) is 0 Å². The number of nitrogens with zero attached hydrogens (tertiary/aromatic N) is 7. The van der Waals surface area contributed by atoms with Crippen LogP contribution in [0.1, 0.15) is 39.7 Å². The van der Waals surface area contributed by atoms with Gasteiger partial charge in [0.05, 0.1) is 60.9 Å². The summed E-state index contributed by atoms with van der Waals surface area (Å²) in [5.74, 6) is 0.131. The lowest BCUT2D eigenvalue weighted by molar-refractivity contribution is -0.139. The summed E-state index contributed by atoms with van der Waals surface area (Å²) in [6.07, 6.45) is 14.0. The van der Waals surface area contributed by atoms with Gasteiger partial charge in [0.15, 0.2) is 5.79 Å². The second kappa shape index (κ2) is 7.25. The van der Waals surface area contributed by atoms with E-state index in [1.54, 1.807) is 6.20 Å². The molecule has 2 fully saturated rings. The summed E-state index contributed by atoms with van der Waals surface area (Å²) >= 11 is 0. The third-order valence-corrected chi connectivity index (χ3v) is 6.57. The molecule has 4 aromatic rings. The second-order valence-corrected chi connectivity index (χ2v) is 9.37. The van der Waals surface area contributed by atoms with Crippen molar-refractivity contribution in [2.45, 2.75) is 58.1 Å². The smallest absolute Gasteiger partial charge is 0.163 e. The SMILES string of the molecule is CC1CCC1n1cc(-c2nc(-c3cnn(C[C@@H]4COC(C)(C)O4)c3)cn3nccc23)cn1. The monoisotopic (exact) mass is 433 g/mol. The van der Waals surface area contributed by atoms with Gasteiger partial charge in [-0.3, -0.25) is 9.36 Å². The van der Waals surface area contributed by atoms with E-state index in [-0.39, 0.29) is 6.10 Å². The zero-order valence-corrected chi connectivity index (χ0v) is 18.5.